The maximum absolute atomic E-state index is 12.3. The van der Waals surface area contributed by atoms with E-state index in [1.807, 2.05) is 0 Å². The summed E-state index contributed by atoms with van der Waals surface area (Å²) in [5, 5.41) is 9.25. The van der Waals surface area contributed by atoms with E-state index < -0.39 is 13.0 Å². The number of carbonyl (C=O) groups is 1. The topological polar surface area (TPSA) is 40.5 Å². The third kappa shape index (κ3) is 5.32. The van der Waals surface area contributed by atoms with E-state index in [0.29, 0.717) is 0 Å². The van der Waals surface area contributed by atoms with Gasteiger partial charge in [-0.05, 0) is 12.1 Å². The van der Waals surface area contributed by atoms with Crippen molar-refractivity contribution in [1.29, 1.82) is 0 Å². The molecule has 112 valence electrons. The molecule has 1 N–H and O–H groups in total. The Hall–Kier alpha value is -0.750. The molecular weight excluding hydrogens is 311 g/mol. The van der Waals surface area contributed by atoms with Gasteiger partial charge in [0.15, 0.2) is 5.78 Å². The molecule has 0 aliphatic carbocycles. The fraction of sp³-hybridized carbons (Fsp3) is 0.462. The van der Waals surface area contributed by atoms with Crippen LogP contribution in [0, 0.1) is 0 Å². The second kappa shape index (κ2) is 8.52. The Bertz CT molecular complexity index is 458. The van der Waals surface area contributed by atoms with Gasteiger partial charge in [0.05, 0.1) is 23.2 Å². The first-order chi connectivity index (χ1) is 9.45. The molecule has 7 heteroatoms. The lowest BCUT2D eigenvalue weighted by molar-refractivity contribution is 0.0732. The lowest BCUT2D eigenvalue weighted by Crippen LogP contribution is -2.33. The Kier molecular flexibility index (Phi) is 7.37. The van der Waals surface area contributed by atoms with Gasteiger partial charge in [-0.1, -0.05) is 29.3 Å². The first-order valence-corrected chi connectivity index (χ1v) is 6.80. The normalized spacial score (nSPS) is 11.3. The van der Waals surface area contributed by atoms with E-state index in [-0.39, 0.29) is 47.5 Å². The second-order valence-electron chi connectivity index (χ2n) is 4.19. The Balaban J connectivity index is 2.63. The molecule has 0 amide bonds. The molecule has 0 aliphatic rings. The highest BCUT2D eigenvalue weighted by molar-refractivity contribution is 6.43. The maximum atomic E-state index is 12.3. The minimum atomic E-state index is -2.51. The third-order valence-electron chi connectivity index (χ3n) is 2.72. The van der Waals surface area contributed by atoms with Crippen molar-refractivity contribution in [2.75, 3.05) is 26.2 Å². The van der Waals surface area contributed by atoms with E-state index in [9.17, 15) is 13.6 Å². The van der Waals surface area contributed by atoms with Crippen LogP contribution < -0.4 is 0 Å². The number of Topliss-reactive ketones (excluding diaryl/α,β-unsaturated/α-hetero) is 1. The molecule has 3 nitrogen and oxygen atoms in total. The van der Waals surface area contributed by atoms with Crippen LogP contribution in [0.15, 0.2) is 18.2 Å². The van der Waals surface area contributed by atoms with Crippen molar-refractivity contribution in [3.63, 3.8) is 0 Å². The van der Waals surface area contributed by atoms with Gasteiger partial charge in [-0.3, -0.25) is 9.69 Å². The van der Waals surface area contributed by atoms with E-state index in [1.165, 1.54) is 4.90 Å². The van der Waals surface area contributed by atoms with Gasteiger partial charge in [-0.25, -0.2) is 8.78 Å². The summed E-state index contributed by atoms with van der Waals surface area (Å²) in [5.74, 6) is -0.269. The van der Waals surface area contributed by atoms with Gasteiger partial charge in [0, 0.05) is 25.1 Å². The molecule has 0 spiro atoms. The van der Waals surface area contributed by atoms with E-state index in [0.717, 1.165) is 0 Å². The summed E-state index contributed by atoms with van der Waals surface area (Å²) in [6.45, 7) is -0.483. The fourth-order valence-corrected chi connectivity index (χ4v) is 2.15. The van der Waals surface area contributed by atoms with Gasteiger partial charge in [0.2, 0.25) is 0 Å². The Morgan fingerprint density at radius 3 is 2.60 bits per heavy atom. The third-order valence-corrected chi connectivity index (χ3v) is 3.54. The standard InChI is InChI=1S/C13H15Cl2F2NO2/c14-10-3-1-2-9(13(10)15)11(20)4-5-18(6-7-19)8-12(16)17/h1-3,12,19H,4-8H2. The first-order valence-electron chi connectivity index (χ1n) is 6.04. The summed E-state index contributed by atoms with van der Waals surface area (Å²) in [6.07, 6.45) is -2.47. The fourth-order valence-electron chi connectivity index (χ4n) is 1.74. The van der Waals surface area contributed by atoms with Gasteiger partial charge < -0.3 is 5.11 Å². The minimum absolute atomic E-state index is 0.0345. The molecule has 0 saturated carbocycles. The maximum Gasteiger partial charge on any atom is 0.251 e. The van der Waals surface area contributed by atoms with Gasteiger partial charge >= 0.3 is 0 Å². The lowest BCUT2D eigenvalue weighted by Gasteiger charge is -2.20. The molecule has 0 aromatic heterocycles. The van der Waals surface area contributed by atoms with Gasteiger partial charge in [0.25, 0.3) is 6.43 Å². The highest BCUT2D eigenvalue weighted by Crippen LogP contribution is 2.26. The largest absolute Gasteiger partial charge is 0.395 e. The van der Waals surface area contributed by atoms with Crippen molar-refractivity contribution >= 4 is 29.0 Å². The smallest absolute Gasteiger partial charge is 0.251 e. The van der Waals surface area contributed by atoms with Crippen LogP contribution in [0.1, 0.15) is 16.8 Å². The van der Waals surface area contributed by atoms with Gasteiger partial charge in [0.1, 0.15) is 0 Å². The van der Waals surface area contributed by atoms with Gasteiger partial charge in [-0.2, -0.15) is 0 Å². The molecule has 20 heavy (non-hydrogen) atoms. The van der Waals surface area contributed by atoms with Crippen LogP contribution in [-0.2, 0) is 0 Å². The van der Waals surface area contributed by atoms with Gasteiger partial charge in [-0.15, -0.1) is 0 Å². The SMILES string of the molecule is O=C(CCN(CCO)CC(F)F)c1cccc(Cl)c1Cl. The predicted octanol–water partition coefficient (Wildman–Crippen LogP) is 3.13. The van der Waals surface area contributed by atoms with Crippen LogP contribution in [0.3, 0.4) is 0 Å². The highest BCUT2D eigenvalue weighted by atomic mass is 35.5. The molecule has 1 aromatic rings. The summed E-state index contributed by atoms with van der Waals surface area (Å²) in [5.41, 5.74) is 0.278. The molecule has 0 saturated heterocycles. The zero-order chi connectivity index (χ0) is 15.1. The van der Waals surface area contributed by atoms with E-state index in [1.54, 1.807) is 18.2 Å². The van der Waals surface area contributed by atoms with Crippen LogP contribution in [0.4, 0.5) is 8.78 Å². The number of aliphatic hydroxyl groups is 1. The summed E-state index contributed by atoms with van der Waals surface area (Å²) < 4.78 is 24.7. The molecule has 0 radical (unpaired) electrons. The zero-order valence-corrected chi connectivity index (χ0v) is 12.2. The Morgan fingerprint density at radius 1 is 1.30 bits per heavy atom. The molecule has 0 aliphatic heterocycles. The Morgan fingerprint density at radius 2 is 2.00 bits per heavy atom. The molecule has 0 unspecified atom stereocenters. The number of nitrogens with zero attached hydrogens (tertiary/aromatic N) is 1. The molecule has 0 fully saturated rings. The molecule has 0 bridgehead atoms. The number of ketones is 1. The average molecular weight is 326 g/mol. The average Bonchev–Trinajstić information content (AvgIpc) is 2.38. The molecule has 0 heterocycles. The number of alkyl halides is 2. The second-order valence-corrected chi connectivity index (χ2v) is 4.98. The van der Waals surface area contributed by atoms with E-state index >= 15 is 0 Å². The predicted molar refractivity (Wildman–Crippen MR) is 74.9 cm³/mol. The van der Waals surface area contributed by atoms with Crippen LogP contribution in [0.25, 0.3) is 0 Å². The van der Waals surface area contributed by atoms with Crippen molar-refractivity contribution in [3.8, 4) is 0 Å². The molecule has 1 rings (SSSR count). The first kappa shape index (κ1) is 17.3. The van der Waals surface area contributed by atoms with Crippen molar-refractivity contribution in [2.24, 2.45) is 0 Å². The minimum Gasteiger partial charge on any atom is -0.395 e. The van der Waals surface area contributed by atoms with Crippen LogP contribution in [-0.4, -0.2) is 48.5 Å². The quantitative estimate of drug-likeness (QED) is 0.746. The monoisotopic (exact) mass is 325 g/mol. The number of hydrogen-bond acceptors (Lipinski definition) is 3. The summed E-state index contributed by atoms with van der Waals surface area (Å²) in [4.78, 5) is 13.3. The number of hydrogen-bond donors (Lipinski definition) is 1. The lowest BCUT2D eigenvalue weighted by atomic mass is 10.1. The number of aliphatic hydroxyl groups excluding tert-OH is 1. The van der Waals surface area contributed by atoms with Crippen LogP contribution in [0.5, 0.6) is 0 Å². The summed E-state index contributed by atoms with van der Waals surface area (Å²) in [7, 11) is 0. The molecule has 1 aromatic carbocycles. The van der Waals surface area contributed by atoms with Crippen molar-refractivity contribution in [1.82, 2.24) is 4.90 Å². The number of benzene rings is 1. The number of carbonyl (C=O) groups excluding carboxylic acids is 1. The van der Waals surface area contributed by atoms with Crippen molar-refractivity contribution in [3.05, 3.63) is 33.8 Å². The zero-order valence-electron chi connectivity index (χ0n) is 10.7. The Labute approximate surface area is 126 Å². The van der Waals surface area contributed by atoms with E-state index in [2.05, 4.69) is 0 Å². The van der Waals surface area contributed by atoms with E-state index in [4.69, 9.17) is 28.3 Å². The number of halogens is 4. The summed E-state index contributed by atoms with van der Waals surface area (Å²) >= 11 is 11.7. The number of rotatable bonds is 8. The van der Waals surface area contributed by atoms with Crippen LogP contribution >= 0.6 is 23.2 Å². The molecule has 0 atom stereocenters. The molecular formula is C13H15Cl2F2NO2. The highest BCUT2D eigenvalue weighted by Gasteiger charge is 2.16. The van der Waals surface area contributed by atoms with Crippen molar-refractivity contribution in [2.45, 2.75) is 12.8 Å². The van der Waals surface area contributed by atoms with Crippen LogP contribution in [0.2, 0.25) is 10.0 Å². The summed E-state index contributed by atoms with van der Waals surface area (Å²) in [6, 6.07) is 4.71. The van der Waals surface area contributed by atoms with Crippen molar-refractivity contribution < 1.29 is 18.7 Å².